The van der Waals surface area contributed by atoms with Crippen LogP contribution in [0.2, 0.25) is 5.15 Å². The highest BCUT2D eigenvalue weighted by atomic mass is 35.5. The molecule has 6 nitrogen and oxygen atoms in total. The summed E-state index contributed by atoms with van der Waals surface area (Å²) >= 11 is 5.79. The molecule has 24 heavy (non-hydrogen) atoms. The number of benzene rings is 1. The molecule has 0 aliphatic rings. The second-order valence-electron chi connectivity index (χ2n) is 5.17. The van der Waals surface area contributed by atoms with E-state index in [0.29, 0.717) is 10.8 Å². The first kappa shape index (κ1) is 15.7. The van der Waals surface area contributed by atoms with E-state index in [4.69, 9.17) is 23.1 Å². The first-order valence-electron chi connectivity index (χ1n) is 7.09. The first-order valence-corrected chi connectivity index (χ1v) is 7.47. The molecule has 2 aromatic heterocycles. The van der Waals surface area contributed by atoms with Gasteiger partial charge in [-0.25, -0.2) is 9.97 Å². The number of nitrogens with zero attached hydrogens (tertiary/aromatic N) is 4. The van der Waals surface area contributed by atoms with Gasteiger partial charge in [-0.1, -0.05) is 41.9 Å². The Morgan fingerprint density at radius 2 is 1.71 bits per heavy atom. The number of aromatic nitrogens is 3. The SMILES string of the molecule is N#Cc1c(N)nc(N)nc1-c1ccc(Cc2ccc(Cl)nc2)cc1. The minimum atomic E-state index is 0.0396. The van der Waals surface area contributed by atoms with Gasteiger partial charge in [-0.3, -0.25) is 0 Å². The molecule has 3 rings (SSSR count). The van der Waals surface area contributed by atoms with Gasteiger partial charge < -0.3 is 11.5 Å². The van der Waals surface area contributed by atoms with Crippen LogP contribution in [0.15, 0.2) is 42.6 Å². The first-order chi connectivity index (χ1) is 11.6. The fraction of sp³-hybridized carbons (Fsp3) is 0.0588. The highest BCUT2D eigenvalue weighted by molar-refractivity contribution is 6.29. The summed E-state index contributed by atoms with van der Waals surface area (Å²) in [6.07, 6.45) is 2.47. The summed E-state index contributed by atoms with van der Waals surface area (Å²) in [7, 11) is 0. The van der Waals surface area contributed by atoms with E-state index in [1.54, 1.807) is 12.3 Å². The van der Waals surface area contributed by atoms with Crippen molar-refractivity contribution in [1.82, 2.24) is 15.0 Å². The van der Waals surface area contributed by atoms with Crippen LogP contribution < -0.4 is 11.5 Å². The summed E-state index contributed by atoms with van der Waals surface area (Å²) in [6, 6.07) is 13.4. The van der Waals surface area contributed by atoms with E-state index in [9.17, 15) is 5.26 Å². The minimum absolute atomic E-state index is 0.0396. The maximum atomic E-state index is 9.25. The normalized spacial score (nSPS) is 10.3. The summed E-state index contributed by atoms with van der Waals surface area (Å²) in [6.45, 7) is 0. The lowest BCUT2D eigenvalue weighted by atomic mass is 10.0. The lowest BCUT2D eigenvalue weighted by molar-refractivity contribution is 1.14. The largest absolute Gasteiger partial charge is 0.382 e. The molecule has 0 saturated carbocycles. The van der Waals surface area contributed by atoms with E-state index in [0.717, 1.165) is 23.1 Å². The number of halogens is 1. The Balaban J connectivity index is 1.90. The average molecular weight is 337 g/mol. The Morgan fingerprint density at radius 3 is 2.33 bits per heavy atom. The molecule has 7 heteroatoms. The van der Waals surface area contributed by atoms with Gasteiger partial charge in [0.05, 0.1) is 5.69 Å². The number of nitriles is 1. The standard InChI is InChI=1S/C17H13ClN6/c18-14-6-3-11(9-22-14)7-10-1-4-12(5-2-10)15-13(8-19)16(20)24-17(21)23-15/h1-6,9H,7H2,(H4,20,21,23,24). The predicted molar refractivity (Wildman–Crippen MR) is 93.1 cm³/mol. The van der Waals surface area contributed by atoms with E-state index in [2.05, 4.69) is 15.0 Å². The molecule has 3 aromatic rings. The maximum absolute atomic E-state index is 9.25. The minimum Gasteiger partial charge on any atom is -0.382 e. The van der Waals surface area contributed by atoms with Gasteiger partial charge in [-0.15, -0.1) is 0 Å². The Labute approximate surface area is 143 Å². The maximum Gasteiger partial charge on any atom is 0.222 e. The molecule has 0 fully saturated rings. The van der Waals surface area contributed by atoms with Crippen molar-refractivity contribution in [3.05, 3.63) is 64.4 Å². The lowest BCUT2D eigenvalue weighted by Gasteiger charge is -2.08. The predicted octanol–water partition coefficient (Wildman–Crippen LogP) is 2.82. The third kappa shape index (κ3) is 3.26. The van der Waals surface area contributed by atoms with Crippen LogP contribution >= 0.6 is 11.6 Å². The number of nitrogen functional groups attached to an aromatic ring is 2. The third-order valence-corrected chi connectivity index (χ3v) is 3.71. The highest BCUT2D eigenvalue weighted by Gasteiger charge is 2.13. The number of nitrogens with two attached hydrogens (primary N) is 2. The van der Waals surface area contributed by atoms with Crippen molar-refractivity contribution in [2.75, 3.05) is 11.5 Å². The van der Waals surface area contributed by atoms with Crippen molar-refractivity contribution in [2.24, 2.45) is 0 Å². The number of rotatable bonds is 3. The molecule has 0 radical (unpaired) electrons. The zero-order valence-electron chi connectivity index (χ0n) is 12.6. The van der Waals surface area contributed by atoms with Crippen molar-refractivity contribution >= 4 is 23.4 Å². The Kier molecular flexibility index (Phi) is 4.27. The van der Waals surface area contributed by atoms with Gasteiger partial charge in [0, 0.05) is 11.8 Å². The van der Waals surface area contributed by atoms with Gasteiger partial charge in [0.15, 0.2) is 0 Å². The van der Waals surface area contributed by atoms with Gasteiger partial charge >= 0.3 is 0 Å². The molecule has 0 saturated heterocycles. The Bertz CT molecular complexity index is 914. The van der Waals surface area contributed by atoms with Gasteiger partial charge in [-0.05, 0) is 23.6 Å². The fourth-order valence-electron chi connectivity index (χ4n) is 2.34. The van der Waals surface area contributed by atoms with E-state index in [1.807, 2.05) is 36.4 Å². The summed E-state index contributed by atoms with van der Waals surface area (Å²) in [4.78, 5) is 12.0. The van der Waals surface area contributed by atoms with Crippen LogP contribution in [0.25, 0.3) is 11.3 Å². The lowest BCUT2D eigenvalue weighted by Crippen LogP contribution is -2.05. The zero-order valence-corrected chi connectivity index (χ0v) is 13.3. The van der Waals surface area contributed by atoms with Gasteiger partial charge in [0.25, 0.3) is 0 Å². The van der Waals surface area contributed by atoms with Crippen molar-refractivity contribution in [2.45, 2.75) is 6.42 Å². The molecule has 2 heterocycles. The number of pyridine rings is 1. The molecule has 0 unspecified atom stereocenters. The van der Waals surface area contributed by atoms with Crippen LogP contribution in [0.1, 0.15) is 16.7 Å². The van der Waals surface area contributed by atoms with Crippen LogP contribution in [-0.4, -0.2) is 15.0 Å². The smallest absolute Gasteiger partial charge is 0.222 e. The van der Waals surface area contributed by atoms with Crippen LogP contribution in [0.3, 0.4) is 0 Å². The van der Waals surface area contributed by atoms with Crippen LogP contribution in [0.5, 0.6) is 0 Å². The van der Waals surface area contributed by atoms with E-state index in [1.165, 1.54) is 0 Å². The Hall–Kier alpha value is -3.17. The summed E-state index contributed by atoms with van der Waals surface area (Å²) in [5.41, 5.74) is 14.9. The molecule has 0 amide bonds. The molecule has 118 valence electrons. The second-order valence-corrected chi connectivity index (χ2v) is 5.55. The highest BCUT2D eigenvalue weighted by Crippen LogP contribution is 2.26. The zero-order chi connectivity index (χ0) is 17.1. The van der Waals surface area contributed by atoms with Gasteiger partial charge in [0.1, 0.15) is 22.6 Å². The molecule has 0 aliphatic heterocycles. The topological polar surface area (TPSA) is 114 Å². The molecule has 4 N–H and O–H groups in total. The van der Waals surface area contributed by atoms with Crippen molar-refractivity contribution in [3.63, 3.8) is 0 Å². The fourth-order valence-corrected chi connectivity index (χ4v) is 2.45. The van der Waals surface area contributed by atoms with E-state index >= 15 is 0 Å². The van der Waals surface area contributed by atoms with Crippen LogP contribution in [0.4, 0.5) is 11.8 Å². The van der Waals surface area contributed by atoms with E-state index < -0.39 is 0 Å². The monoisotopic (exact) mass is 336 g/mol. The van der Waals surface area contributed by atoms with E-state index in [-0.39, 0.29) is 17.3 Å². The van der Waals surface area contributed by atoms with Crippen LogP contribution in [0, 0.1) is 11.3 Å². The van der Waals surface area contributed by atoms with Gasteiger partial charge in [-0.2, -0.15) is 10.2 Å². The summed E-state index contributed by atoms with van der Waals surface area (Å²) < 4.78 is 0. The number of hydrogen-bond acceptors (Lipinski definition) is 6. The van der Waals surface area contributed by atoms with Crippen molar-refractivity contribution in [1.29, 1.82) is 5.26 Å². The number of anilines is 2. The second kappa shape index (κ2) is 6.52. The Morgan fingerprint density at radius 1 is 1.00 bits per heavy atom. The van der Waals surface area contributed by atoms with Crippen LogP contribution in [-0.2, 0) is 6.42 Å². The summed E-state index contributed by atoms with van der Waals surface area (Å²) in [5.74, 6) is 0.120. The molecule has 0 bridgehead atoms. The third-order valence-electron chi connectivity index (χ3n) is 3.49. The van der Waals surface area contributed by atoms with Crippen molar-refractivity contribution in [3.8, 4) is 17.3 Å². The number of hydrogen-bond donors (Lipinski definition) is 2. The quantitative estimate of drug-likeness (QED) is 0.711. The molecular formula is C17H13ClN6. The van der Waals surface area contributed by atoms with Gasteiger partial charge in [0.2, 0.25) is 5.95 Å². The molecule has 0 aliphatic carbocycles. The van der Waals surface area contributed by atoms with Crippen molar-refractivity contribution < 1.29 is 0 Å². The molecule has 1 aromatic carbocycles. The molecular weight excluding hydrogens is 324 g/mol. The summed E-state index contributed by atoms with van der Waals surface area (Å²) in [5, 5.41) is 9.72. The molecule has 0 atom stereocenters. The molecule has 0 spiro atoms. The average Bonchev–Trinajstić information content (AvgIpc) is 2.57.